The molecule has 0 aromatic carbocycles. The van der Waals surface area contributed by atoms with Crippen LogP contribution < -0.4 is 27.8 Å². The van der Waals surface area contributed by atoms with E-state index in [2.05, 4.69) is 74.8 Å². The quantitative estimate of drug-likeness (QED) is 0.0293. The van der Waals surface area contributed by atoms with E-state index in [9.17, 15) is 24.0 Å². The number of hydrogen-bond donors (Lipinski definition) is 5. The van der Waals surface area contributed by atoms with Crippen LogP contribution in [0, 0.1) is 0 Å². The molecule has 0 aromatic heterocycles. The Balaban J connectivity index is -0.00000675. The Kier molecular flexibility index (Phi) is 85.9. The predicted molar refractivity (Wildman–Crippen MR) is 420 cm³/mol. The van der Waals surface area contributed by atoms with E-state index in [0.29, 0.717) is 117 Å². The molecule has 0 bridgehead atoms. The number of nitrogens with zero attached hydrogens (tertiary/aromatic N) is 3. The molecule has 0 unspecified atom stereocenters. The second-order valence-electron chi connectivity index (χ2n) is 26.8. The van der Waals surface area contributed by atoms with Gasteiger partial charge in [-0.3, -0.25) is 24.0 Å². The molecule has 0 aromatic rings. The van der Waals surface area contributed by atoms with Gasteiger partial charge in [-0.2, -0.15) is 0 Å². The molecule has 0 saturated carbocycles. The van der Waals surface area contributed by atoms with Crippen molar-refractivity contribution in [3.05, 3.63) is 36.5 Å². The van der Waals surface area contributed by atoms with Crippen LogP contribution >= 0.6 is 49.6 Å². The monoisotopic (exact) mass is 1420 g/mol. The molecule has 0 radical (unpaired) electrons. The summed E-state index contributed by atoms with van der Waals surface area (Å²) in [5.41, 5.74) is 18.0. The highest BCUT2D eigenvalue weighted by Crippen LogP contribution is 2.17. The van der Waals surface area contributed by atoms with Crippen molar-refractivity contribution in [3.8, 4) is 0 Å². The van der Waals surface area contributed by atoms with Gasteiger partial charge in [-0.25, -0.2) is 0 Å². The molecule has 0 heterocycles. The fourth-order valence-electron chi connectivity index (χ4n) is 11.9. The lowest BCUT2D eigenvalue weighted by molar-refractivity contribution is -0.133. The number of allylic oxidation sites excluding steroid dienone is 6. The van der Waals surface area contributed by atoms with E-state index in [1.54, 1.807) is 0 Å². The third-order valence-corrected chi connectivity index (χ3v) is 18.0. The van der Waals surface area contributed by atoms with Crippen molar-refractivity contribution in [2.45, 2.75) is 374 Å². The molecule has 0 rings (SSSR count). The highest BCUT2D eigenvalue weighted by molar-refractivity contribution is 5.86. The molecule has 0 aliphatic heterocycles. The van der Waals surface area contributed by atoms with Crippen LogP contribution in [0.2, 0.25) is 0 Å². The maximum absolute atomic E-state index is 14.2. The molecule has 564 valence electrons. The summed E-state index contributed by atoms with van der Waals surface area (Å²) in [7, 11) is 0. The van der Waals surface area contributed by atoms with E-state index in [1.165, 1.54) is 173 Å². The van der Waals surface area contributed by atoms with Crippen molar-refractivity contribution < 1.29 is 24.0 Å². The maximum atomic E-state index is 14.2. The van der Waals surface area contributed by atoms with Gasteiger partial charge in [-0.15, -0.1) is 49.6 Å². The van der Waals surface area contributed by atoms with E-state index in [0.717, 1.165) is 103 Å². The molecular weight excluding hydrogens is 1270 g/mol. The zero-order chi connectivity index (χ0) is 66.6. The van der Waals surface area contributed by atoms with Gasteiger partial charge in [0.05, 0.1) is 12.1 Å². The second kappa shape index (κ2) is 80.6. The van der Waals surface area contributed by atoms with Gasteiger partial charge in [0.25, 0.3) is 0 Å². The molecule has 95 heavy (non-hydrogen) atoms. The normalized spacial score (nSPS) is 11.9. The first-order valence-corrected chi connectivity index (χ1v) is 39.1. The first kappa shape index (κ1) is 101. The summed E-state index contributed by atoms with van der Waals surface area (Å²) in [6.07, 6.45) is 70.2. The third kappa shape index (κ3) is 68.5. The average molecular weight is 1430 g/mol. The molecule has 2 atom stereocenters. The number of carbonyl (C=O) groups excluding carboxylic acids is 5. The Bertz CT molecular complexity index is 1770. The summed E-state index contributed by atoms with van der Waals surface area (Å²) in [5, 5.41) is 6.00. The van der Waals surface area contributed by atoms with Crippen molar-refractivity contribution in [3.63, 3.8) is 0 Å². The SMILES string of the molecule is CCCCCCCC/C=C\CCCCCCCC(=O)N(CCCCN(CCCN(CCCNC(=O)[C@@H](N)CCCC)C(=O)CCCCCCC/C=C\CCCCCCCC)C(=O)CCCCCCC/C=C\CCCCCCCC)CCCNC(=O)[C@@H](N)CCCN.Cl.Cl.Cl.Cl. The van der Waals surface area contributed by atoms with Crippen LogP contribution in [-0.4, -0.2) is 115 Å². The molecule has 17 heteroatoms. The summed E-state index contributed by atoms with van der Waals surface area (Å²) in [4.78, 5) is 73.6. The standard InChI is InChI=1S/C78H150N8O5.4ClH/c1-5-9-13-16-19-22-25-28-31-34-37-40-43-46-49-60-74(87)84(68-55-64-83-78(91)73(81)59-54-63-79)66-52-53-67-85(75(88)61-50-47-44-41-38-35-32-29-26-23-20-17-14-10-6-2)70-57-71-86(69-56-65-82-77(90)72(80)58-12-8-4)76(89)62-51-48-45-42-39-36-33-30-27-24-21-18-15-11-7-3;;;;/h28-33,72-73H,5-27,34-71,79-81H2,1-4H3,(H,82,90)(H,83,91);4*1H/b31-28-,32-29-,33-30-;;;;/t72-,73-;;;;/m0..../s1. The Hall–Kier alpha value is -2.39. The van der Waals surface area contributed by atoms with Crippen molar-refractivity contribution in [1.82, 2.24) is 25.3 Å². The number of nitrogens with one attached hydrogen (secondary N) is 2. The molecule has 0 saturated heterocycles. The van der Waals surface area contributed by atoms with Crippen molar-refractivity contribution in [2.75, 3.05) is 58.9 Å². The van der Waals surface area contributed by atoms with Crippen LogP contribution in [0.15, 0.2) is 36.5 Å². The Morgan fingerprint density at radius 1 is 0.295 bits per heavy atom. The number of rotatable bonds is 70. The van der Waals surface area contributed by atoms with Gasteiger partial charge >= 0.3 is 0 Å². The molecular formula is C78H154Cl4N8O5. The topological polar surface area (TPSA) is 197 Å². The molecule has 8 N–H and O–H groups in total. The van der Waals surface area contributed by atoms with Gasteiger partial charge in [0.15, 0.2) is 0 Å². The van der Waals surface area contributed by atoms with Gasteiger partial charge in [-0.1, -0.05) is 231 Å². The van der Waals surface area contributed by atoms with E-state index in [-0.39, 0.29) is 79.2 Å². The lowest BCUT2D eigenvalue weighted by atomic mass is 10.1. The number of halogens is 4. The average Bonchev–Trinajstić information content (AvgIpc) is 2.60. The fourth-order valence-corrected chi connectivity index (χ4v) is 11.9. The minimum Gasteiger partial charge on any atom is -0.355 e. The number of unbranched alkanes of at least 4 members (excludes halogenated alkanes) is 35. The van der Waals surface area contributed by atoms with Crippen LogP contribution in [0.4, 0.5) is 0 Å². The summed E-state index contributed by atoms with van der Waals surface area (Å²) >= 11 is 0. The minimum absolute atomic E-state index is 0. The smallest absolute Gasteiger partial charge is 0.236 e. The molecule has 0 aliphatic carbocycles. The van der Waals surface area contributed by atoms with E-state index >= 15 is 0 Å². The molecule has 13 nitrogen and oxygen atoms in total. The van der Waals surface area contributed by atoms with E-state index in [4.69, 9.17) is 17.2 Å². The van der Waals surface area contributed by atoms with E-state index in [1.807, 2.05) is 14.7 Å². The van der Waals surface area contributed by atoms with Gasteiger partial charge in [0.2, 0.25) is 29.5 Å². The number of hydrogen-bond acceptors (Lipinski definition) is 8. The predicted octanol–water partition coefficient (Wildman–Crippen LogP) is 20.0. The van der Waals surface area contributed by atoms with Gasteiger partial charge in [-0.05, 0) is 154 Å². The van der Waals surface area contributed by atoms with Crippen LogP contribution in [0.3, 0.4) is 0 Å². The summed E-state index contributed by atoms with van der Waals surface area (Å²) < 4.78 is 0. The zero-order valence-corrected chi connectivity index (χ0v) is 65.3. The fraction of sp³-hybridized carbons (Fsp3) is 0.859. The van der Waals surface area contributed by atoms with E-state index < -0.39 is 12.1 Å². The Labute approximate surface area is 611 Å². The van der Waals surface area contributed by atoms with Crippen LogP contribution in [-0.2, 0) is 24.0 Å². The van der Waals surface area contributed by atoms with Crippen LogP contribution in [0.1, 0.15) is 362 Å². The second-order valence-corrected chi connectivity index (χ2v) is 26.8. The van der Waals surface area contributed by atoms with Crippen LogP contribution in [0.5, 0.6) is 0 Å². The molecule has 0 aliphatic rings. The van der Waals surface area contributed by atoms with Gasteiger partial charge in [0.1, 0.15) is 0 Å². The van der Waals surface area contributed by atoms with Gasteiger partial charge < -0.3 is 42.5 Å². The summed E-state index contributed by atoms with van der Waals surface area (Å²) in [6, 6.07) is -1.11. The summed E-state index contributed by atoms with van der Waals surface area (Å²) in [6.45, 7) is 13.7. The number of nitrogens with two attached hydrogens (primary N) is 3. The Morgan fingerprint density at radius 3 is 0.800 bits per heavy atom. The Morgan fingerprint density at radius 2 is 0.526 bits per heavy atom. The zero-order valence-electron chi connectivity index (χ0n) is 62.0. The lowest BCUT2D eigenvalue weighted by Crippen LogP contribution is -2.42. The van der Waals surface area contributed by atoms with Crippen molar-refractivity contribution in [2.24, 2.45) is 17.2 Å². The lowest BCUT2D eigenvalue weighted by Gasteiger charge is -2.27. The molecule has 0 spiro atoms. The van der Waals surface area contributed by atoms with Crippen molar-refractivity contribution >= 4 is 79.2 Å². The first-order valence-electron chi connectivity index (χ1n) is 39.1. The van der Waals surface area contributed by atoms with Crippen LogP contribution in [0.25, 0.3) is 0 Å². The maximum Gasteiger partial charge on any atom is 0.236 e. The summed E-state index contributed by atoms with van der Waals surface area (Å²) in [5.74, 6) is 0.170. The minimum atomic E-state index is -0.588. The number of amides is 5. The number of carbonyl (C=O) groups is 5. The molecule has 5 amide bonds. The molecule has 0 fully saturated rings. The first-order chi connectivity index (χ1) is 44.6. The van der Waals surface area contributed by atoms with Gasteiger partial charge in [0, 0.05) is 71.6 Å². The highest BCUT2D eigenvalue weighted by atomic mass is 35.5. The van der Waals surface area contributed by atoms with Crippen molar-refractivity contribution in [1.29, 1.82) is 0 Å². The highest BCUT2D eigenvalue weighted by Gasteiger charge is 2.20. The third-order valence-electron chi connectivity index (χ3n) is 18.0. The largest absolute Gasteiger partial charge is 0.355 e.